The number of halogens is 4. The maximum Gasteiger partial charge on any atom is 0.433 e. The molecule has 1 N–H and O–H groups in total. The topological polar surface area (TPSA) is 59.3 Å². The summed E-state index contributed by atoms with van der Waals surface area (Å²) in [5.41, 5.74) is -0.354. The Morgan fingerprint density at radius 1 is 1.14 bits per heavy atom. The zero-order chi connectivity index (χ0) is 20.9. The molecule has 1 amide bonds. The fourth-order valence-corrected chi connectivity index (χ4v) is 2.76. The first-order chi connectivity index (χ1) is 12.9. The number of benzene rings is 1. The summed E-state index contributed by atoms with van der Waals surface area (Å²) in [6.45, 7) is 7.06. The normalized spacial score (nSPS) is 12.4. The lowest BCUT2D eigenvalue weighted by atomic mass is 9.91. The summed E-state index contributed by atoms with van der Waals surface area (Å²) >= 11 is 5.94. The number of alkyl halides is 3. The van der Waals surface area contributed by atoms with Crippen LogP contribution in [0.5, 0.6) is 0 Å². The predicted octanol–water partition coefficient (Wildman–Crippen LogP) is 5.26. The Morgan fingerprint density at radius 2 is 1.82 bits per heavy atom. The number of anilines is 1. The molecule has 0 saturated heterocycles. The molecule has 2 heterocycles. The largest absolute Gasteiger partial charge is 0.433 e. The number of aryl methyl sites for hydroxylation is 1. The standard InChI is InChI=1S/C19H18ClF3N4O/c1-10-5-6-11(20)7-12(10)24-17(28)13-8-16-25-14(18(2,3)4)9-15(19(21,22)23)27(16)26-13/h5-9H,1-4H3,(H,24,28). The minimum Gasteiger partial charge on any atom is -0.320 e. The van der Waals surface area contributed by atoms with Gasteiger partial charge >= 0.3 is 6.18 Å². The van der Waals surface area contributed by atoms with Crippen LogP contribution >= 0.6 is 11.6 Å². The second-order valence-corrected chi connectivity index (χ2v) is 7.92. The highest BCUT2D eigenvalue weighted by Crippen LogP contribution is 2.32. The molecule has 0 aliphatic rings. The van der Waals surface area contributed by atoms with Gasteiger partial charge in [0.1, 0.15) is 5.69 Å². The van der Waals surface area contributed by atoms with E-state index in [9.17, 15) is 18.0 Å². The van der Waals surface area contributed by atoms with Gasteiger partial charge < -0.3 is 5.32 Å². The fourth-order valence-electron chi connectivity index (χ4n) is 2.59. The number of nitrogens with zero attached hydrogens (tertiary/aromatic N) is 3. The van der Waals surface area contributed by atoms with E-state index in [0.717, 1.165) is 11.6 Å². The molecular weight excluding hydrogens is 393 g/mol. The molecule has 9 heteroatoms. The van der Waals surface area contributed by atoms with Crippen molar-refractivity contribution in [1.29, 1.82) is 0 Å². The smallest absolute Gasteiger partial charge is 0.320 e. The van der Waals surface area contributed by atoms with Crippen molar-refractivity contribution in [2.24, 2.45) is 0 Å². The van der Waals surface area contributed by atoms with Gasteiger partial charge in [0.15, 0.2) is 11.3 Å². The van der Waals surface area contributed by atoms with Crippen molar-refractivity contribution >= 4 is 28.8 Å². The van der Waals surface area contributed by atoms with E-state index in [2.05, 4.69) is 15.4 Å². The molecule has 0 atom stereocenters. The van der Waals surface area contributed by atoms with Gasteiger partial charge in [-0.3, -0.25) is 4.79 Å². The van der Waals surface area contributed by atoms with Crippen LogP contribution in [0.2, 0.25) is 5.02 Å². The van der Waals surface area contributed by atoms with Crippen molar-refractivity contribution in [3.8, 4) is 0 Å². The quantitative estimate of drug-likeness (QED) is 0.627. The van der Waals surface area contributed by atoms with Crippen LogP contribution in [0.25, 0.3) is 5.65 Å². The first kappa shape index (κ1) is 20.1. The van der Waals surface area contributed by atoms with Gasteiger partial charge in [-0.05, 0) is 30.7 Å². The Kier molecular flexibility index (Phi) is 4.87. The van der Waals surface area contributed by atoms with Gasteiger partial charge in [0.2, 0.25) is 0 Å². The molecule has 0 saturated carbocycles. The second-order valence-electron chi connectivity index (χ2n) is 7.49. The summed E-state index contributed by atoms with van der Waals surface area (Å²) < 4.78 is 41.3. The van der Waals surface area contributed by atoms with Crippen molar-refractivity contribution in [2.75, 3.05) is 5.32 Å². The van der Waals surface area contributed by atoms with Gasteiger partial charge in [0.25, 0.3) is 5.91 Å². The van der Waals surface area contributed by atoms with Crippen molar-refractivity contribution in [3.63, 3.8) is 0 Å². The molecule has 0 fully saturated rings. The van der Waals surface area contributed by atoms with E-state index in [-0.39, 0.29) is 17.0 Å². The van der Waals surface area contributed by atoms with Gasteiger partial charge in [0.05, 0.1) is 5.69 Å². The molecule has 0 aliphatic heterocycles. The Morgan fingerprint density at radius 3 is 2.43 bits per heavy atom. The highest BCUT2D eigenvalue weighted by Gasteiger charge is 2.36. The van der Waals surface area contributed by atoms with Gasteiger partial charge in [-0.2, -0.15) is 18.3 Å². The van der Waals surface area contributed by atoms with E-state index >= 15 is 0 Å². The molecule has 2 aromatic heterocycles. The summed E-state index contributed by atoms with van der Waals surface area (Å²) in [6.07, 6.45) is -4.65. The molecule has 1 aromatic carbocycles. The summed E-state index contributed by atoms with van der Waals surface area (Å²) in [5.74, 6) is -0.652. The van der Waals surface area contributed by atoms with Crippen molar-refractivity contribution < 1.29 is 18.0 Å². The maximum atomic E-state index is 13.5. The number of nitrogens with one attached hydrogen (secondary N) is 1. The Bertz CT molecular complexity index is 1070. The number of hydrogen-bond donors (Lipinski definition) is 1. The van der Waals surface area contributed by atoms with Crippen molar-refractivity contribution in [1.82, 2.24) is 14.6 Å². The SMILES string of the molecule is Cc1ccc(Cl)cc1NC(=O)c1cc2nc(C(C)(C)C)cc(C(F)(F)F)n2n1. The van der Waals surface area contributed by atoms with E-state index < -0.39 is 23.2 Å². The van der Waals surface area contributed by atoms with E-state index in [1.54, 1.807) is 45.9 Å². The number of carbonyl (C=O) groups is 1. The van der Waals surface area contributed by atoms with Crippen LogP contribution in [0.3, 0.4) is 0 Å². The number of amides is 1. The number of rotatable bonds is 2. The fraction of sp³-hybridized carbons (Fsp3) is 0.316. The molecule has 3 aromatic rings. The second kappa shape index (κ2) is 6.77. The average Bonchev–Trinajstić information content (AvgIpc) is 2.99. The van der Waals surface area contributed by atoms with Gasteiger partial charge in [-0.1, -0.05) is 38.4 Å². The minimum atomic E-state index is -4.65. The van der Waals surface area contributed by atoms with E-state index in [4.69, 9.17) is 11.6 Å². The monoisotopic (exact) mass is 410 g/mol. The van der Waals surface area contributed by atoms with Crippen LogP contribution in [0, 0.1) is 6.92 Å². The Balaban J connectivity index is 2.08. The molecule has 0 unspecified atom stereocenters. The molecule has 5 nitrogen and oxygen atoms in total. The molecular formula is C19H18ClF3N4O. The van der Waals surface area contributed by atoms with Crippen LogP contribution in [-0.4, -0.2) is 20.5 Å². The molecule has 3 rings (SSSR count). The molecule has 0 radical (unpaired) electrons. The van der Waals surface area contributed by atoms with Crippen molar-refractivity contribution in [2.45, 2.75) is 39.3 Å². The van der Waals surface area contributed by atoms with Crippen molar-refractivity contribution in [3.05, 3.63) is 58.0 Å². The molecule has 28 heavy (non-hydrogen) atoms. The Hall–Kier alpha value is -2.61. The summed E-state index contributed by atoms with van der Waals surface area (Å²) in [4.78, 5) is 16.8. The highest BCUT2D eigenvalue weighted by atomic mass is 35.5. The zero-order valence-corrected chi connectivity index (χ0v) is 16.4. The lowest BCUT2D eigenvalue weighted by Gasteiger charge is -2.19. The van der Waals surface area contributed by atoms with E-state index in [1.807, 2.05) is 0 Å². The number of fused-ring (bicyclic) bond motifs is 1. The summed E-state index contributed by atoms with van der Waals surface area (Å²) in [6, 6.07) is 7.15. The van der Waals surface area contributed by atoms with Crippen LogP contribution < -0.4 is 5.32 Å². The third-order valence-corrected chi connectivity index (χ3v) is 4.40. The van der Waals surface area contributed by atoms with Crippen LogP contribution in [-0.2, 0) is 11.6 Å². The average molecular weight is 411 g/mol. The van der Waals surface area contributed by atoms with Gasteiger partial charge in [-0.15, -0.1) is 0 Å². The van der Waals surface area contributed by atoms with Crippen LogP contribution in [0.1, 0.15) is 48.2 Å². The van der Waals surface area contributed by atoms with Gasteiger partial charge in [0, 0.05) is 22.2 Å². The number of carbonyl (C=O) groups excluding carboxylic acids is 1. The molecule has 148 valence electrons. The zero-order valence-electron chi connectivity index (χ0n) is 15.6. The number of aromatic nitrogens is 3. The third-order valence-electron chi connectivity index (χ3n) is 4.17. The lowest BCUT2D eigenvalue weighted by Crippen LogP contribution is -2.20. The summed E-state index contributed by atoms with van der Waals surface area (Å²) in [5, 5.41) is 6.89. The summed E-state index contributed by atoms with van der Waals surface area (Å²) in [7, 11) is 0. The molecule has 0 spiro atoms. The maximum absolute atomic E-state index is 13.5. The molecule has 0 bridgehead atoms. The Labute approximate surface area is 164 Å². The first-order valence-corrected chi connectivity index (χ1v) is 8.80. The first-order valence-electron chi connectivity index (χ1n) is 8.42. The third kappa shape index (κ3) is 3.96. The molecule has 0 aliphatic carbocycles. The van der Waals surface area contributed by atoms with Crippen LogP contribution in [0.15, 0.2) is 30.3 Å². The predicted molar refractivity (Wildman–Crippen MR) is 101 cm³/mol. The minimum absolute atomic E-state index is 0.0484. The van der Waals surface area contributed by atoms with Gasteiger partial charge in [-0.25, -0.2) is 9.50 Å². The number of hydrogen-bond acceptors (Lipinski definition) is 3. The highest BCUT2D eigenvalue weighted by molar-refractivity contribution is 6.31. The van der Waals surface area contributed by atoms with Crippen LogP contribution in [0.4, 0.5) is 18.9 Å². The van der Waals surface area contributed by atoms with E-state index in [0.29, 0.717) is 15.2 Å². The van der Waals surface area contributed by atoms with E-state index in [1.165, 1.54) is 6.07 Å². The lowest BCUT2D eigenvalue weighted by molar-refractivity contribution is -0.142.